The molecule has 2 rings (SSSR count). The van der Waals surface area contributed by atoms with Gasteiger partial charge in [-0.05, 0) is 42.8 Å². The number of nitrogens with one attached hydrogen (secondary N) is 3. The van der Waals surface area contributed by atoms with Crippen molar-refractivity contribution < 1.29 is 14.4 Å². The maximum absolute atomic E-state index is 12.4. The fourth-order valence-corrected chi connectivity index (χ4v) is 2.22. The molecule has 6 nitrogen and oxygen atoms in total. The smallest absolute Gasteiger partial charge is 0.255 e. The molecule has 2 aromatic rings. The molecule has 2 aromatic carbocycles. The summed E-state index contributed by atoms with van der Waals surface area (Å²) in [6, 6.07) is 13.4. The molecule has 0 aliphatic rings. The highest BCUT2D eigenvalue weighted by Crippen LogP contribution is 2.15. The quantitative estimate of drug-likeness (QED) is 0.756. The Morgan fingerprint density at radius 2 is 1.40 bits per heavy atom. The topological polar surface area (TPSA) is 87.3 Å². The summed E-state index contributed by atoms with van der Waals surface area (Å²) in [5, 5.41) is 8.19. The van der Waals surface area contributed by atoms with E-state index >= 15 is 0 Å². The molecule has 0 saturated heterocycles. The summed E-state index contributed by atoms with van der Waals surface area (Å²) >= 11 is 0. The Morgan fingerprint density at radius 3 is 1.96 bits per heavy atom. The molecule has 0 radical (unpaired) electrons. The summed E-state index contributed by atoms with van der Waals surface area (Å²) in [4.78, 5) is 35.5. The molecule has 0 spiro atoms. The highest BCUT2D eigenvalue weighted by atomic mass is 16.2. The second-order valence-corrected chi connectivity index (χ2v) is 5.55. The Hall–Kier alpha value is -3.15. The average molecular weight is 339 g/mol. The lowest BCUT2D eigenvalue weighted by Crippen LogP contribution is -2.24. The van der Waals surface area contributed by atoms with E-state index in [1.807, 2.05) is 6.92 Å². The van der Waals surface area contributed by atoms with Crippen molar-refractivity contribution >= 4 is 29.1 Å². The Kier molecular flexibility index (Phi) is 6.28. The van der Waals surface area contributed by atoms with Crippen molar-refractivity contribution in [1.82, 2.24) is 5.32 Å². The first-order valence-electron chi connectivity index (χ1n) is 8.07. The van der Waals surface area contributed by atoms with E-state index in [1.165, 1.54) is 6.92 Å². The van der Waals surface area contributed by atoms with Gasteiger partial charge in [0.25, 0.3) is 11.8 Å². The van der Waals surface area contributed by atoms with Crippen LogP contribution >= 0.6 is 0 Å². The van der Waals surface area contributed by atoms with Crippen LogP contribution in [0.15, 0.2) is 48.5 Å². The van der Waals surface area contributed by atoms with E-state index in [1.54, 1.807) is 48.5 Å². The van der Waals surface area contributed by atoms with Crippen LogP contribution in [0.2, 0.25) is 0 Å². The highest BCUT2D eigenvalue weighted by Gasteiger charge is 2.10. The van der Waals surface area contributed by atoms with Crippen LogP contribution in [-0.2, 0) is 4.79 Å². The summed E-state index contributed by atoms with van der Waals surface area (Å²) in [7, 11) is 0. The molecule has 25 heavy (non-hydrogen) atoms. The number of amides is 3. The van der Waals surface area contributed by atoms with E-state index in [0.717, 1.165) is 6.42 Å². The number of hydrogen-bond donors (Lipinski definition) is 3. The zero-order valence-electron chi connectivity index (χ0n) is 14.3. The van der Waals surface area contributed by atoms with Gasteiger partial charge in [-0.3, -0.25) is 14.4 Å². The third-order valence-electron chi connectivity index (χ3n) is 3.36. The molecule has 3 amide bonds. The Labute approximate surface area is 146 Å². The first-order valence-corrected chi connectivity index (χ1v) is 8.07. The van der Waals surface area contributed by atoms with Crippen LogP contribution < -0.4 is 16.0 Å². The molecule has 6 heteroatoms. The number of benzene rings is 2. The summed E-state index contributed by atoms with van der Waals surface area (Å²) in [5.41, 5.74) is 1.97. The second kappa shape index (κ2) is 8.63. The Balaban J connectivity index is 2.10. The average Bonchev–Trinajstić information content (AvgIpc) is 2.59. The van der Waals surface area contributed by atoms with Crippen LogP contribution in [-0.4, -0.2) is 24.3 Å². The first kappa shape index (κ1) is 18.2. The van der Waals surface area contributed by atoms with E-state index in [-0.39, 0.29) is 17.7 Å². The van der Waals surface area contributed by atoms with Crippen LogP contribution in [0, 0.1) is 0 Å². The molecule has 0 atom stereocenters. The summed E-state index contributed by atoms with van der Waals surface area (Å²) in [6.07, 6.45) is 0.854. The van der Waals surface area contributed by atoms with Crippen molar-refractivity contribution in [2.24, 2.45) is 0 Å². The van der Waals surface area contributed by atoms with E-state index in [0.29, 0.717) is 29.0 Å². The Bertz CT molecular complexity index is 787. The van der Waals surface area contributed by atoms with Crippen LogP contribution in [0.3, 0.4) is 0 Å². The lowest BCUT2D eigenvalue weighted by molar-refractivity contribution is -0.114. The fraction of sp³-hybridized carbons (Fsp3) is 0.211. The monoisotopic (exact) mass is 339 g/mol. The molecule has 0 saturated carbocycles. The van der Waals surface area contributed by atoms with Gasteiger partial charge in [0.2, 0.25) is 5.91 Å². The molecule has 0 aliphatic heterocycles. The number of carbonyl (C=O) groups is 3. The maximum atomic E-state index is 12.4. The number of anilines is 2. The van der Waals surface area contributed by atoms with Gasteiger partial charge < -0.3 is 16.0 Å². The van der Waals surface area contributed by atoms with Crippen molar-refractivity contribution in [2.45, 2.75) is 20.3 Å². The zero-order chi connectivity index (χ0) is 18.2. The molecular weight excluding hydrogens is 318 g/mol. The second-order valence-electron chi connectivity index (χ2n) is 5.55. The summed E-state index contributed by atoms with van der Waals surface area (Å²) < 4.78 is 0. The van der Waals surface area contributed by atoms with Crippen LogP contribution in [0.1, 0.15) is 41.0 Å². The SMILES string of the molecule is CCCNC(=O)c1cccc(NC(=O)c2cccc(NC(C)=O)c2)c1. The fourth-order valence-electron chi connectivity index (χ4n) is 2.22. The lowest BCUT2D eigenvalue weighted by atomic mass is 10.1. The molecular formula is C19H21N3O3. The number of rotatable bonds is 6. The van der Waals surface area contributed by atoms with E-state index in [4.69, 9.17) is 0 Å². The predicted molar refractivity (Wildman–Crippen MR) is 97.8 cm³/mol. The standard InChI is InChI=1S/C19H21N3O3/c1-3-10-20-18(24)14-6-4-9-17(11-14)22-19(25)15-7-5-8-16(12-15)21-13(2)23/h4-9,11-12H,3,10H2,1-2H3,(H,20,24)(H,21,23)(H,22,25). The molecule has 0 bridgehead atoms. The summed E-state index contributed by atoms with van der Waals surface area (Å²) in [5.74, 6) is -0.702. The largest absolute Gasteiger partial charge is 0.352 e. The van der Waals surface area contributed by atoms with Crippen LogP contribution in [0.25, 0.3) is 0 Å². The first-order chi connectivity index (χ1) is 12.0. The van der Waals surface area contributed by atoms with Gasteiger partial charge in [0.1, 0.15) is 0 Å². The molecule has 0 fully saturated rings. The number of hydrogen-bond acceptors (Lipinski definition) is 3. The lowest BCUT2D eigenvalue weighted by Gasteiger charge is -2.09. The van der Waals surface area contributed by atoms with E-state index in [2.05, 4.69) is 16.0 Å². The zero-order valence-corrected chi connectivity index (χ0v) is 14.3. The summed E-state index contributed by atoms with van der Waals surface area (Å²) in [6.45, 7) is 3.99. The van der Waals surface area contributed by atoms with Crippen LogP contribution in [0.5, 0.6) is 0 Å². The highest BCUT2D eigenvalue weighted by molar-refractivity contribution is 6.06. The van der Waals surface area contributed by atoms with Gasteiger partial charge in [-0.15, -0.1) is 0 Å². The van der Waals surface area contributed by atoms with E-state index < -0.39 is 0 Å². The predicted octanol–water partition coefficient (Wildman–Crippen LogP) is 3.04. The van der Waals surface area contributed by atoms with E-state index in [9.17, 15) is 14.4 Å². The molecule has 130 valence electrons. The van der Waals surface area contributed by atoms with Crippen molar-refractivity contribution in [3.05, 3.63) is 59.7 Å². The van der Waals surface area contributed by atoms with Crippen molar-refractivity contribution in [3.8, 4) is 0 Å². The third-order valence-corrected chi connectivity index (χ3v) is 3.36. The Morgan fingerprint density at radius 1 is 0.840 bits per heavy atom. The molecule has 0 aliphatic carbocycles. The maximum Gasteiger partial charge on any atom is 0.255 e. The number of carbonyl (C=O) groups excluding carboxylic acids is 3. The normalized spacial score (nSPS) is 10.0. The van der Waals surface area contributed by atoms with Gasteiger partial charge in [-0.2, -0.15) is 0 Å². The minimum Gasteiger partial charge on any atom is -0.352 e. The molecule has 0 heterocycles. The third kappa shape index (κ3) is 5.46. The van der Waals surface area contributed by atoms with Crippen LogP contribution in [0.4, 0.5) is 11.4 Å². The van der Waals surface area contributed by atoms with Gasteiger partial charge >= 0.3 is 0 Å². The molecule has 0 aromatic heterocycles. The molecule has 0 unspecified atom stereocenters. The van der Waals surface area contributed by atoms with Crippen molar-refractivity contribution in [2.75, 3.05) is 17.2 Å². The van der Waals surface area contributed by atoms with Gasteiger partial charge in [-0.1, -0.05) is 19.1 Å². The minimum absolute atomic E-state index is 0.175. The minimum atomic E-state index is -0.321. The van der Waals surface area contributed by atoms with Gasteiger partial charge in [0, 0.05) is 36.0 Å². The van der Waals surface area contributed by atoms with Crippen molar-refractivity contribution in [3.63, 3.8) is 0 Å². The van der Waals surface area contributed by atoms with Gasteiger partial charge in [0.15, 0.2) is 0 Å². The van der Waals surface area contributed by atoms with Gasteiger partial charge in [0.05, 0.1) is 0 Å². The van der Waals surface area contributed by atoms with Gasteiger partial charge in [-0.25, -0.2) is 0 Å². The van der Waals surface area contributed by atoms with Crippen molar-refractivity contribution in [1.29, 1.82) is 0 Å². The molecule has 3 N–H and O–H groups in total.